The number of aromatic nitrogens is 3. The van der Waals surface area contributed by atoms with Crippen LogP contribution in [0, 0.1) is 5.92 Å². The van der Waals surface area contributed by atoms with Gasteiger partial charge in [-0.05, 0) is 42.9 Å². The molecule has 1 atom stereocenters. The highest BCUT2D eigenvalue weighted by atomic mass is 16.3. The molecule has 2 heterocycles. The molecule has 2 aromatic rings. The molecule has 1 aliphatic heterocycles. The van der Waals surface area contributed by atoms with Gasteiger partial charge in [-0.3, -0.25) is 0 Å². The first-order valence-corrected chi connectivity index (χ1v) is 7.50. The van der Waals surface area contributed by atoms with Crippen LogP contribution in [0.5, 0.6) is 0 Å². The molecule has 4 nitrogen and oxygen atoms in total. The molecule has 0 fully saturated rings. The molecule has 1 N–H and O–H groups in total. The Labute approximate surface area is 118 Å². The largest absolute Gasteiger partial charge is 0.396 e. The lowest BCUT2D eigenvalue weighted by atomic mass is 9.99. The topological polar surface area (TPSA) is 50.9 Å². The Kier molecular flexibility index (Phi) is 2.84. The van der Waals surface area contributed by atoms with E-state index >= 15 is 0 Å². The molecule has 0 spiro atoms. The van der Waals surface area contributed by atoms with Crippen molar-refractivity contribution in [3.8, 4) is 11.4 Å². The number of hydrogen-bond acceptors (Lipinski definition) is 3. The lowest BCUT2D eigenvalue weighted by molar-refractivity contribution is 0.191. The number of aryl methyl sites for hydroxylation is 3. The maximum absolute atomic E-state index is 9.39. The van der Waals surface area contributed by atoms with Crippen LogP contribution >= 0.6 is 0 Å². The van der Waals surface area contributed by atoms with Crippen molar-refractivity contribution in [2.45, 2.75) is 38.6 Å². The number of fused-ring (bicyclic) bond motifs is 2. The molecule has 4 heteroatoms. The molecule has 1 aromatic heterocycles. The van der Waals surface area contributed by atoms with Crippen molar-refractivity contribution in [3.63, 3.8) is 0 Å². The normalized spacial score (nSPS) is 20.8. The second kappa shape index (κ2) is 4.70. The molecular weight excluding hydrogens is 250 g/mol. The Morgan fingerprint density at radius 2 is 2.05 bits per heavy atom. The van der Waals surface area contributed by atoms with Crippen LogP contribution in [0.4, 0.5) is 0 Å². The van der Waals surface area contributed by atoms with Gasteiger partial charge in [-0.2, -0.15) is 0 Å². The van der Waals surface area contributed by atoms with Crippen molar-refractivity contribution in [1.82, 2.24) is 14.8 Å². The van der Waals surface area contributed by atoms with Crippen LogP contribution in [-0.4, -0.2) is 26.5 Å². The average Bonchev–Trinajstić information content (AvgIpc) is 3.11. The van der Waals surface area contributed by atoms with E-state index in [1.807, 2.05) is 0 Å². The smallest absolute Gasteiger partial charge is 0.163 e. The molecule has 2 aliphatic rings. The van der Waals surface area contributed by atoms with Crippen LogP contribution in [0.2, 0.25) is 0 Å². The summed E-state index contributed by atoms with van der Waals surface area (Å²) < 4.78 is 2.20. The van der Waals surface area contributed by atoms with E-state index in [1.165, 1.54) is 36.0 Å². The van der Waals surface area contributed by atoms with Gasteiger partial charge in [-0.25, -0.2) is 0 Å². The van der Waals surface area contributed by atoms with Gasteiger partial charge in [-0.15, -0.1) is 10.2 Å². The number of nitrogens with zero attached hydrogens (tertiary/aromatic N) is 3. The van der Waals surface area contributed by atoms with E-state index < -0.39 is 0 Å². The minimum Gasteiger partial charge on any atom is -0.396 e. The minimum absolute atomic E-state index is 0.251. The fourth-order valence-electron chi connectivity index (χ4n) is 3.47. The number of benzene rings is 1. The maximum Gasteiger partial charge on any atom is 0.163 e. The van der Waals surface area contributed by atoms with Crippen LogP contribution in [-0.2, 0) is 25.8 Å². The van der Waals surface area contributed by atoms with Gasteiger partial charge in [0.15, 0.2) is 5.82 Å². The number of hydrogen-bond donors (Lipinski definition) is 1. The molecule has 1 aromatic carbocycles. The van der Waals surface area contributed by atoms with Gasteiger partial charge in [0.1, 0.15) is 5.82 Å². The Hall–Kier alpha value is -1.68. The summed E-state index contributed by atoms with van der Waals surface area (Å²) in [5, 5.41) is 18.1. The van der Waals surface area contributed by atoms with E-state index in [9.17, 15) is 5.11 Å². The van der Waals surface area contributed by atoms with Gasteiger partial charge >= 0.3 is 0 Å². The summed E-state index contributed by atoms with van der Waals surface area (Å²) in [4.78, 5) is 0. The van der Waals surface area contributed by atoms with Crippen molar-refractivity contribution in [3.05, 3.63) is 35.2 Å². The standard InChI is InChI=1S/C16H19N3O/c20-10-11-4-7-15-17-18-16(19(15)9-11)14-6-5-12-2-1-3-13(12)8-14/h5-6,8,11,20H,1-4,7,9-10H2. The van der Waals surface area contributed by atoms with Crippen molar-refractivity contribution >= 4 is 0 Å². The first-order chi connectivity index (χ1) is 9.85. The van der Waals surface area contributed by atoms with Crippen LogP contribution in [0.1, 0.15) is 29.8 Å². The van der Waals surface area contributed by atoms with Gasteiger partial charge in [0.05, 0.1) is 0 Å². The van der Waals surface area contributed by atoms with Crippen molar-refractivity contribution in [1.29, 1.82) is 0 Å². The monoisotopic (exact) mass is 269 g/mol. The zero-order valence-electron chi connectivity index (χ0n) is 11.5. The first kappa shape index (κ1) is 12.1. The molecule has 1 aliphatic carbocycles. The average molecular weight is 269 g/mol. The Morgan fingerprint density at radius 1 is 1.15 bits per heavy atom. The molecule has 104 valence electrons. The van der Waals surface area contributed by atoms with Crippen LogP contribution in [0.25, 0.3) is 11.4 Å². The van der Waals surface area contributed by atoms with Crippen LogP contribution in [0.15, 0.2) is 18.2 Å². The Bertz CT molecular complexity index is 647. The SMILES string of the molecule is OCC1CCc2nnc(-c3ccc4c(c3)CCC4)n2C1. The van der Waals surface area contributed by atoms with Gasteiger partial charge in [0, 0.05) is 31.1 Å². The second-order valence-electron chi connectivity index (χ2n) is 5.97. The maximum atomic E-state index is 9.39. The van der Waals surface area contributed by atoms with Crippen molar-refractivity contribution < 1.29 is 5.11 Å². The third-order valence-electron chi connectivity index (χ3n) is 4.66. The van der Waals surface area contributed by atoms with Gasteiger partial charge in [0.25, 0.3) is 0 Å². The van der Waals surface area contributed by atoms with Gasteiger partial charge in [-0.1, -0.05) is 12.1 Å². The zero-order chi connectivity index (χ0) is 13.5. The summed E-state index contributed by atoms with van der Waals surface area (Å²) in [6.07, 6.45) is 5.59. The molecule has 1 unspecified atom stereocenters. The quantitative estimate of drug-likeness (QED) is 0.907. The molecule has 20 heavy (non-hydrogen) atoms. The molecule has 0 saturated carbocycles. The molecule has 0 radical (unpaired) electrons. The second-order valence-corrected chi connectivity index (χ2v) is 5.97. The lowest BCUT2D eigenvalue weighted by Crippen LogP contribution is -2.23. The molecule has 0 amide bonds. The Morgan fingerprint density at radius 3 is 2.95 bits per heavy atom. The molecule has 0 bridgehead atoms. The van der Waals surface area contributed by atoms with E-state index in [2.05, 4.69) is 33.0 Å². The van der Waals surface area contributed by atoms with E-state index in [4.69, 9.17) is 0 Å². The summed E-state index contributed by atoms with van der Waals surface area (Å²) in [5.74, 6) is 2.37. The van der Waals surface area contributed by atoms with Crippen LogP contribution < -0.4 is 0 Å². The van der Waals surface area contributed by atoms with E-state index in [-0.39, 0.29) is 6.61 Å². The highest BCUT2D eigenvalue weighted by Gasteiger charge is 2.23. The first-order valence-electron chi connectivity index (χ1n) is 7.50. The highest BCUT2D eigenvalue weighted by Crippen LogP contribution is 2.29. The summed E-state index contributed by atoms with van der Waals surface area (Å²) in [5.41, 5.74) is 4.12. The predicted octanol–water partition coefficient (Wildman–Crippen LogP) is 1.99. The number of rotatable bonds is 2. The minimum atomic E-state index is 0.251. The predicted molar refractivity (Wildman–Crippen MR) is 76.4 cm³/mol. The third kappa shape index (κ3) is 1.86. The van der Waals surface area contributed by atoms with Gasteiger partial charge in [0.2, 0.25) is 0 Å². The summed E-state index contributed by atoms with van der Waals surface area (Å²) >= 11 is 0. The fraction of sp³-hybridized carbons (Fsp3) is 0.500. The molecular formula is C16H19N3O. The fourth-order valence-corrected chi connectivity index (χ4v) is 3.47. The van der Waals surface area contributed by atoms with Crippen molar-refractivity contribution in [2.75, 3.05) is 6.61 Å². The van der Waals surface area contributed by atoms with E-state index in [0.29, 0.717) is 5.92 Å². The Balaban J connectivity index is 1.74. The summed E-state index contributed by atoms with van der Waals surface area (Å²) in [6, 6.07) is 6.69. The van der Waals surface area contributed by atoms with Crippen molar-refractivity contribution in [2.24, 2.45) is 5.92 Å². The molecule has 0 saturated heterocycles. The highest BCUT2D eigenvalue weighted by molar-refractivity contribution is 5.58. The van der Waals surface area contributed by atoms with Crippen LogP contribution in [0.3, 0.4) is 0 Å². The van der Waals surface area contributed by atoms with E-state index in [0.717, 1.165) is 31.0 Å². The third-order valence-corrected chi connectivity index (χ3v) is 4.66. The number of aliphatic hydroxyl groups excluding tert-OH is 1. The van der Waals surface area contributed by atoms with E-state index in [1.54, 1.807) is 0 Å². The lowest BCUT2D eigenvalue weighted by Gasteiger charge is -2.22. The molecule has 4 rings (SSSR count). The number of aliphatic hydroxyl groups is 1. The van der Waals surface area contributed by atoms with Gasteiger partial charge < -0.3 is 9.67 Å². The zero-order valence-corrected chi connectivity index (χ0v) is 11.5. The summed E-state index contributed by atoms with van der Waals surface area (Å²) in [6.45, 7) is 1.09. The summed E-state index contributed by atoms with van der Waals surface area (Å²) in [7, 11) is 0.